The number of hydrogen-bond donors (Lipinski definition) is 1. The average Bonchev–Trinajstić information content (AvgIpc) is 2.39. The van der Waals surface area contributed by atoms with Gasteiger partial charge in [-0.3, -0.25) is 9.59 Å². The highest BCUT2D eigenvalue weighted by Gasteiger charge is 2.29. The number of nitrogens with zero attached hydrogens (tertiary/aromatic N) is 3. The van der Waals surface area contributed by atoms with Crippen LogP contribution in [0.25, 0.3) is 0 Å². The van der Waals surface area contributed by atoms with E-state index in [0.29, 0.717) is 17.9 Å². The summed E-state index contributed by atoms with van der Waals surface area (Å²) in [5.41, 5.74) is 0.403. The Morgan fingerprint density at radius 2 is 2.17 bits per heavy atom. The first-order valence-corrected chi connectivity index (χ1v) is 6.69. The summed E-state index contributed by atoms with van der Waals surface area (Å²) in [7, 11) is 0. The van der Waals surface area contributed by atoms with E-state index in [1.54, 1.807) is 16.7 Å². The molecule has 6 nitrogen and oxygen atoms in total. The standard InChI is InChI=1S/C11H13N3O3S/c15-10(16)3-9-6-18-2-1-14(9)11(17)8-4-12-7-13-5-8/h4-5,7,9H,1-3,6H2,(H,15,16). The van der Waals surface area contributed by atoms with Crippen LogP contribution in [0.4, 0.5) is 0 Å². The Hall–Kier alpha value is -1.63. The van der Waals surface area contributed by atoms with E-state index in [1.165, 1.54) is 18.7 Å². The predicted molar refractivity (Wildman–Crippen MR) is 66.4 cm³/mol. The molecule has 1 aromatic heterocycles. The number of carbonyl (C=O) groups is 2. The van der Waals surface area contributed by atoms with E-state index in [9.17, 15) is 9.59 Å². The molecule has 1 atom stereocenters. The van der Waals surface area contributed by atoms with Gasteiger partial charge in [-0.25, -0.2) is 9.97 Å². The van der Waals surface area contributed by atoms with Crippen LogP contribution in [0.3, 0.4) is 0 Å². The molecule has 1 N–H and O–H groups in total. The Kier molecular flexibility index (Phi) is 4.14. The number of carboxylic acids is 1. The van der Waals surface area contributed by atoms with Gasteiger partial charge in [-0.2, -0.15) is 11.8 Å². The number of rotatable bonds is 3. The van der Waals surface area contributed by atoms with Crippen LogP contribution >= 0.6 is 11.8 Å². The Labute approximate surface area is 108 Å². The molecule has 2 heterocycles. The Morgan fingerprint density at radius 3 is 2.83 bits per heavy atom. The molecular formula is C11H13N3O3S. The van der Waals surface area contributed by atoms with Gasteiger partial charge in [0.15, 0.2) is 0 Å². The maximum atomic E-state index is 12.2. The topological polar surface area (TPSA) is 83.4 Å². The minimum absolute atomic E-state index is 0.0214. The molecule has 7 heteroatoms. The second-order valence-electron chi connectivity index (χ2n) is 3.95. The lowest BCUT2D eigenvalue weighted by Gasteiger charge is -2.34. The highest BCUT2D eigenvalue weighted by molar-refractivity contribution is 7.99. The normalized spacial score (nSPS) is 19.6. The molecule has 1 aromatic rings. The van der Waals surface area contributed by atoms with Crippen molar-refractivity contribution in [2.75, 3.05) is 18.1 Å². The molecule has 0 spiro atoms. The molecule has 96 valence electrons. The molecule has 1 aliphatic rings. The fraction of sp³-hybridized carbons (Fsp3) is 0.455. The van der Waals surface area contributed by atoms with Crippen molar-refractivity contribution in [2.45, 2.75) is 12.5 Å². The molecule has 0 saturated carbocycles. The van der Waals surface area contributed by atoms with Crippen molar-refractivity contribution in [2.24, 2.45) is 0 Å². The van der Waals surface area contributed by atoms with Crippen LogP contribution in [0.2, 0.25) is 0 Å². The SMILES string of the molecule is O=C(O)CC1CSCCN1C(=O)c1cncnc1. The van der Waals surface area contributed by atoms with Crippen molar-refractivity contribution < 1.29 is 14.7 Å². The summed E-state index contributed by atoms with van der Waals surface area (Å²) in [4.78, 5) is 32.3. The van der Waals surface area contributed by atoms with Crippen molar-refractivity contribution in [1.82, 2.24) is 14.9 Å². The smallest absolute Gasteiger partial charge is 0.305 e. The number of aromatic nitrogens is 2. The van der Waals surface area contributed by atoms with Crippen LogP contribution < -0.4 is 0 Å². The second-order valence-corrected chi connectivity index (χ2v) is 5.10. The van der Waals surface area contributed by atoms with Crippen molar-refractivity contribution in [1.29, 1.82) is 0 Å². The highest BCUT2D eigenvalue weighted by Crippen LogP contribution is 2.20. The molecule has 1 saturated heterocycles. The maximum Gasteiger partial charge on any atom is 0.305 e. The third-order valence-corrected chi connectivity index (χ3v) is 3.80. The van der Waals surface area contributed by atoms with Crippen LogP contribution in [0.15, 0.2) is 18.7 Å². The molecule has 0 aliphatic carbocycles. The fourth-order valence-corrected chi connectivity index (χ4v) is 2.93. The Balaban J connectivity index is 2.13. The van der Waals surface area contributed by atoms with E-state index in [2.05, 4.69) is 9.97 Å². The van der Waals surface area contributed by atoms with E-state index in [1.807, 2.05) is 0 Å². The number of hydrogen-bond acceptors (Lipinski definition) is 5. The summed E-state index contributed by atoms with van der Waals surface area (Å²) in [5, 5.41) is 8.86. The van der Waals surface area contributed by atoms with Gasteiger partial charge in [-0.05, 0) is 0 Å². The zero-order valence-corrected chi connectivity index (χ0v) is 10.5. The Morgan fingerprint density at radius 1 is 1.44 bits per heavy atom. The average molecular weight is 267 g/mol. The van der Waals surface area contributed by atoms with E-state index in [0.717, 1.165) is 5.75 Å². The molecule has 0 bridgehead atoms. The number of amides is 1. The van der Waals surface area contributed by atoms with Crippen LogP contribution in [0.1, 0.15) is 16.8 Å². The van der Waals surface area contributed by atoms with Gasteiger partial charge in [0.2, 0.25) is 0 Å². The summed E-state index contributed by atoms with van der Waals surface area (Å²) in [6.07, 6.45) is 4.24. The van der Waals surface area contributed by atoms with Crippen LogP contribution in [-0.4, -0.2) is 55.9 Å². The van der Waals surface area contributed by atoms with E-state index in [4.69, 9.17) is 5.11 Å². The first-order valence-electron chi connectivity index (χ1n) is 5.54. The molecule has 0 aromatic carbocycles. The maximum absolute atomic E-state index is 12.2. The molecule has 18 heavy (non-hydrogen) atoms. The third-order valence-electron chi connectivity index (χ3n) is 2.71. The fourth-order valence-electron chi connectivity index (χ4n) is 1.87. The van der Waals surface area contributed by atoms with Gasteiger partial charge in [-0.1, -0.05) is 0 Å². The molecular weight excluding hydrogens is 254 g/mol. The predicted octanol–water partition coefficient (Wildman–Crippen LogP) is 0.509. The zero-order chi connectivity index (χ0) is 13.0. The minimum atomic E-state index is -0.885. The summed E-state index contributed by atoms with van der Waals surface area (Å²) in [6.45, 7) is 0.566. The van der Waals surface area contributed by atoms with Gasteiger partial charge < -0.3 is 10.0 Å². The van der Waals surface area contributed by atoms with Crippen LogP contribution in [0.5, 0.6) is 0 Å². The van der Waals surface area contributed by atoms with E-state index < -0.39 is 5.97 Å². The van der Waals surface area contributed by atoms with Crippen LogP contribution in [0, 0.1) is 0 Å². The Bertz CT molecular complexity index is 440. The summed E-state index contributed by atoms with van der Waals surface area (Å²) in [5.74, 6) is 0.410. The molecule has 1 unspecified atom stereocenters. The number of carboxylic acid groups (broad SMARTS) is 1. The van der Waals surface area contributed by atoms with E-state index >= 15 is 0 Å². The summed E-state index contributed by atoms with van der Waals surface area (Å²) >= 11 is 1.67. The van der Waals surface area contributed by atoms with Gasteiger partial charge in [0.1, 0.15) is 6.33 Å². The minimum Gasteiger partial charge on any atom is -0.481 e. The first-order chi connectivity index (χ1) is 8.68. The lowest BCUT2D eigenvalue weighted by molar-refractivity contribution is -0.138. The van der Waals surface area contributed by atoms with Gasteiger partial charge >= 0.3 is 5.97 Å². The largest absolute Gasteiger partial charge is 0.481 e. The summed E-state index contributed by atoms with van der Waals surface area (Å²) in [6, 6.07) is -0.256. The molecule has 0 radical (unpaired) electrons. The van der Waals surface area contributed by atoms with Gasteiger partial charge in [0, 0.05) is 30.4 Å². The molecule has 1 amide bonds. The van der Waals surface area contributed by atoms with E-state index in [-0.39, 0.29) is 18.4 Å². The van der Waals surface area contributed by atoms with Crippen molar-refractivity contribution in [3.63, 3.8) is 0 Å². The first kappa shape index (κ1) is 12.8. The highest BCUT2D eigenvalue weighted by atomic mass is 32.2. The monoisotopic (exact) mass is 267 g/mol. The number of thioether (sulfide) groups is 1. The number of aliphatic carboxylic acids is 1. The quantitative estimate of drug-likeness (QED) is 0.859. The molecule has 2 rings (SSSR count). The molecule has 1 aliphatic heterocycles. The van der Waals surface area contributed by atoms with Crippen molar-refractivity contribution in [3.8, 4) is 0 Å². The van der Waals surface area contributed by atoms with Gasteiger partial charge in [0.05, 0.1) is 18.0 Å². The van der Waals surface area contributed by atoms with Gasteiger partial charge in [0.25, 0.3) is 5.91 Å². The summed E-state index contributed by atoms with van der Waals surface area (Å²) < 4.78 is 0. The van der Waals surface area contributed by atoms with Crippen LogP contribution in [-0.2, 0) is 4.79 Å². The van der Waals surface area contributed by atoms with Crippen molar-refractivity contribution >= 4 is 23.6 Å². The van der Waals surface area contributed by atoms with Gasteiger partial charge in [-0.15, -0.1) is 0 Å². The second kappa shape index (κ2) is 5.81. The zero-order valence-electron chi connectivity index (χ0n) is 9.65. The molecule has 1 fully saturated rings. The third kappa shape index (κ3) is 2.98. The number of carbonyl (C=O) groups excluding carboxylic acids is 1. The lowest BCUT2D eigenvalue weighted by atomic mass is 10.1. The lowest BCUT2D eigenvalue weighted by Crippen LogP contribution is -2.47. The van der Waals surface area contributed by atoms with Crippen molar-refractivity contribution in [3.05, 3.63) is 24.3 Å².